The smallest absolute Gasteiger partial charge is 0.114 e. The summed E-state index contributed by atoms with van der Waals surface area (Å²) in [6.07, 6.45) is 1.80. The molecule has 0 bridgehead atoms. The van der Waals surface area contributed by atoms with Gasteiger partial charge in [0, 0.05) is 17.8 Å². The number of nitrogens with zero attached hydrogens (tertiary/aromatic N) is 3. The van der Waals surface area contributed by atoms with E-state index < -0.39 is 0 Å². The fraction of sp³-hybridized carbons (Fsp3) is 0.333. The maximum atomic E-state index is 5.62. The molecular weight excluding hydrogens is 308 g/mol. The zero-order valence-corrected chi connectivity index (χ0v) is 14.7. The van der Waals surface area contributed by atoms with Crippen molar-refractivity contribution in [1.82, 2.24) is 14.5 Å². The van der Waals surface area contributed by atoms with E-state index in [1.807, 2.05) is 13.8 Å². The van der Waals surface area contributed by atoms with Crippen molar-refractivity contribution >= 4 is 23.4 Å². The quantitative estimate of drug-likeness (QED) is 0.796. The van der Waals surface area contributed by atoms with Crippen molar-refractivity contribution < 1.29 is 0 Å². The molecule has 2 N–H and O–H groups in total. The second kappa shape index (κ2) is 7.11. The van der Waals surface area contributed by atoms with Crippen molar-refractivity contribution in [2.24, 2.45) is 5.73 Å². The Hall–Kier alpha value is -1.91. The Bertz CT molecular complexity index is 806. The summed E-state index contributed by atoms with van der Waals surface area (Å²) >= 11 is 0. The van der Waals surface area contributed by atoms with Crippen LogP contribution in [-0.2, 0) is 12.8 Å². The number of aromatic nitrogens is 3. The zero-order chi connectivity index (χ0) is 15.7. The van der Waals surface area contributed by atoms with E-state index >= 15 is 0 Å². The third-order valence-corrected chi connectivity index (χ3v) is 3.96. The fourth-order valence-corrected chi connectivity index (χ4v) is 2.93. The van der Waals surface area contributed by atoms with E-state index in [1.54, 1.807) is 0 Å². The molecule has 0 fully saturated rings. The second-order valence-corrected chi connectivity index (χ2v) is 5.64. The van der Waals surface area contributed by atoms with E-state index in [9.17, 15) is 0 Å². The molecule has 3 aromatic rings. The van der Waals surface area contributed by atoms with Gasteiger partial charge in [0.1, 0.15) is 11.3 Å². The van der Waals surface area contributed by atoms with Gasteiger partial charge in [-0.15, -0.1) is 12.4 Å². The minimum atomic E-state index is 0. The molecule has 1 aromatic carbocycles. The van der Waals surface area contributed by atoms with Gasteiger partial charge in [-0.25, -0.2) is 4.98 Å². The van der Waals surface area contributed by atoms with Crippen LogP contribution >= 0.6 is 12.4 Å². The maximum Gasteiger partial charge on any atom is 0.114 e. The highest BCUT2D eigenvalue weighted by atomic mass is 35.5. The number of hydrogen-bond donors (Lipinski definition) is 1. The van der Waals surface area contributed by atoms with Crippen LogP contribution in [0.2, 0.25) is 0 Å². The highest BCUT2D eigenvalue weighted by molar-refractivity contribution is 5.85. The standard InChI is InChI=1S/C18H22N4.ClH/c1-4-17-21-18-13(3)20-12(2)11-16(18)22(17)15-7-5-14(6-8-15)9-10-19;/h5-8,11H,4,9-10,19H2,1-3H3;1H. The van der Waals surface area contributed by atoms with Crippen LogP contribution in [-0.4, -0.2) is 21.1 Å². The van der Waals surface area contributed by atoms with Gasteiger partial charge in [-0.2, -0.15) is 0 Å². The molecule has 122 valence electrons. The van der Waals surface area contributed by atoms with Gasteiger partial charge in [0.05, 0.1) is 11.2 Å². The van der Waals surface area contributed by atoms with Crippen molar-refractivity contribution in [3.05, 3.63) is 53.1 Å². The number of benzene rings is 1. The second-order valence-electron chi connectivity index (χ2n) is 5.64. The zero-order valence-electron chi connectivity index (χ0n) is 13.8. The van der Waals surface area contributed by atoms with Crippen molar-refractivity contribution in [2.75, 3.05) is 6.54 Å². The Kier molecular flexibility index (Phi) is 5.39. The molecule has 0 aliphatic carbocycles. The Labute approximate surface area is 143 Å². The summed E-state index contributed by atoms with van der Waals surface area (Å²) in [5, 5.41) is 0. The maximum absolute atomic E-state index is 5.62. The first-order valence-electron chi connectivity index (χ1n) is 7.79. The molecule has 4 nitrogen and oxygen atoms in total. The van der Waals surface area contributed by atoms with Gasteiger partial charge in [-0.3, -0.25) is 9.55 Å². The lowest BCUT2D eigenvalue weighted by Crippen LogP contribution is -2.04. The molecule has 0 atom stereocenters. The number of hydrogen-bond acceptors (Lipinski definition) is 3. The van der Waals surface area contributed by atoms with Crippen LogP contribution in [0.3, 0.4) is 0 Å². The van der Waals surface area contributed by atoms with E-state index in [1.165, 1.54) is 5.56 Å². The Morgan fingerprint density at radius 3 is 2.39 bits per heavy atom. The number of nitrogens with two attached hydrogens (primary N) is 1. The molecule has 0 saturated carbocycles. The summed E-state index contributed by atoms with van der Waals surface area (Å²) in [7, 11) is 0. The van der Waals surface area contributed by atoms with Gasteiger partial charge in [-0.05, 0) is 50.6 Å². The monoisotopic (exact) mass is 330 g/mol. The van der Waals surface area contributed by atoms with E-state index in [0.717, 1.165) is 46.8 Å². The van der Waals surface area contributed by atoms with E-state index in [0.29, 0.717) is 6.54 Å². The van der Waals surface area contributed by atoms with Crippen molar-refractivity contribution in [1.29, 1.82) is 0 Å². The molecule has 0 saturated heterocycles. The fourth-order valence-electron chi connectivity index (χ4n) is 2.93. The van der Waals surface area contributed by atoms with Gasteiger partial charge in [0.2, 0.25) is 0 Å². The van der Waals surface area contributed by atoms with Gasteiger partial charge in [0.15, 0.2) is 0 Å². The van der Waals surface area contributed by atoms with Gasteiger partial charge >= 0.3 is 0 Å². The van der Waals surface area contributed by atoms with Crippen LogP contribution in [0.5, 0.6) is 0 Å². The molecule has 2 heterocycles. The normalized spacial score (nSPS) is 10.8. The highest BCUT2D eigenvalue weighted by Crippen LogP contribution is 2.24. The first kappa shape index (κ1) is 17.4. The molecule has 5 heteroatoms. The molecule has 0 radical (unpaired) electrons. The molecule has 0 aliphatic rings. The Balaban J connectivity index is 0.00000192. The summed E-state index contributed by atoms with van der Waals surface area (Å²) in [5.74, 6) is 1.07. The van der Waals surface area contributed by atoms with E-state index in [-0.39, 0.29) is 12.4 Å². The Morgan fingerprint density at radius 1 is 1.09 bits per heavy atom. The lowest BCUT2D eigenvalue weighted by molar-refractivity contribution is 0.905. The first-order valence-corrected chi connectivity index (χ1v) is 7.79. The van der Waals surface area contributed by atoms with Gasteiger partial charge < -0.3 is 5.73 Å². The number of aryl methyl sites for hydroxylation is 3. The van der Waals surface area contributed by atoms with Crippen LogP contribution in [0.4, 0.5) is 0 Å². The predicted octanol–water partition coefficient (Wildman–Crippen LogP) is 3.52. The summed E-state index contributed by atoms with van der Waals surface area (Å²) in [6.45, 7) is 6.87. The SMILES string of the molecule is CCc1nc2c(C)nc(C)cc2n1-c1ccc(CCN)cc1.Cl. The van der Waals surface area contributed by atoms with Gasteiger partial charge in [-0.1, -0.05) is 19.1 Å². The Morgan fingerprint density at radius 2 is 1.78 bits per heavy atom. The first-order chi connectivity index (χ1) is 10.6. The number of rotatable bonds is 4. The van der Waals surface area contributed by atoms with E-state index in [2.05, 4.69) is 46.8 Å². The average Bonchev–Trinajstić information content (AvgIpc) is 2.87. The van der Waals surface area contributed by atoms with Crippen LogP contribution in [0.15, 0.2) is 30.3 Å². The summed E-state index contributed by atoms with van der Waals surface area (Å²) < 4.78 is 2.24. The third kappa shape index (κ3) is 3.23. The van der Waals surface area contributed by atoms with Crippen molar-refractivity contribution in [3.63, 3.8) is 0 Å². The van der Waals surface area contributed by atoms with Crippen LogP contribution in [0, 0.1) is 13.8 Å². The van der Waals surface area contributed by atoms with Crippen molar-refractivity contribution in [2.45, 2.75) is 33.6 Å². The highest BCUT2D eigenvalue weighted by Gasteiger charge is 2.14. The average molecular weight is 331 g/mol. The summed E-state index contributed by atoms with van der Waals surface area (Å²) in [5.41, 5.74) is 12.2. The lowest BCUT2D eigenvalue weighted by Gasteiger charge is -2.10. The lowest BCUT2D eigenvalue weighted by atomic mass is 10.1. The molecule has 0 spiro atoms. The minimum Gasteiger partial charge on any atom is -0.330 e. The molecular formula is C18H23ClN4. The van der Waals surface area contributed by atoms with Crippen LogP contribution < -0.4 is 5.73 Å². The molecule has 23 heavy (non-hydrogen) atoms. The predicted molar refractivity (Wildman–Crippen MR) is 97.7 cm³/mol. The molecule has 0 amide bonds. The molecule has 0 aliphatic heterocycles. The molecule has 0 unspecified atom stereocenters. The number of pyridine rings is 1. The number of halogens is 1. The van der Waals surface area contributed by atoms with Crippen LogP contribution in [0.25, 0.3) is 16.7 Å². The third-order valence-electron chi connectivity index (χ3n) is 3.96. The summed E-state index contributed by atoms with van der Waals surface area (Å²) in [4.78, 5) is 9.32. The van der Waals surface area contributed by atoms with Gasteiger partial charge in [0.25, 0.3) is 0 Å². The largest absolute Gasteiger partial charge is 0.330 e. The number of imidazole rings is 1. The van der Waals surface area contributed by atoms with Crippen molar-refractivity contribution in [3.8, 4) is 5.69 Å². The minimum absolute atomic E-state index is 0. The molecule has 2 aromatic heterocycles. The molecule has 3 rings (SSSR count). The topological polar surface area (TPSA) is 56.7 Å². The summed E-state index contributed by atoms with van der Waals surface area (Å²) in [6, 6.07) is 10.7. The number of fused-ring (bicyclic) bond motifs is 1. The van der Waals surface area contributed by atoms with E-state index in [4.69, 9.17) is 10.7 Å². The van der Waals surface area contributed by atoms with Crippen LogP contribution in [0.1, 0.15) is 29.7 Å².